The molecule has 2 amide bonds. The molecule has 13 heteroatoms. The zero-order valence-electron chi connectivity index (χ0n) is 16.1. The van der Waals surface area contributed by atoms with Crippen molar-refractivity contribution in [1.29, 1.82) is 0 Å². The van der Waals surface area contributed by atoms with Crippen molar-refractivity contribution in [3.8, 4) is 11.5 Å². The van der Waals surface area contributed by atoms with Gasteiger partial charge in [-0.2, -0.15) is 5.10 Å². The number of ether oxygens (including phenoxy) is 2. The maximum atomic E-state index is 12.5. The van der Waals surface area contributed by atoms with Crippen LogP contribution in [0.1, 0.15) is 38.0 Å². The van der Waals surface area contributed by atoms with Crippen molar-refractivity contribution in [2.45, 2.75) is 56.1 Å². The molecule has 2 heterocycles. The number of carbonyl (C=O) groups excluding carboxylic acids is 2. The summed E-state index contributed by atoms with van der Waals surface area (Å²) in [6.45, 7) is -0.395. The highest BCUT2D eigenvalue weighted by molar-refractivity contribution is 6.00. The van der Waals surface area contributed by atoms with Crippen LogP contribution in [0.3, 0.4) is 0 Å². The summed E-state index contributed by atoms with van der Waals surface area (Å²) in [5.41, 5.74) is -0.306. The van der Waals surface area contributed by atoms with Crippen molar-refractivity contribution in [3.05, 3.63) is 18.3 Å². The van der Waals surface area contributed by atoms with Gasteiger partial charge in [0, 0.05) is 19.0 Å². The molecule has 31 heavy (non-hydrogen) atoms. The molecule has 0 atom stereocenters. The van der Waals surface area contributed by atoms with Crippen molar-refractivity contribution in [1.82, 2.24) is 25.7 Å². The van der Waals surface area contributed by atoms with Gasteiger partial charge < -0.3 is 9.15 Å². The van der Waals surface area contributed by atoms with E-state index >= 15 is 0 Å². The molecule has 0 aliphatic heterocycles. The molecule has 0 saturated heterocycles. The van der Waals surface area contributed by atoms with Gasteiger partial charge in [0.05, 0.1) is 34.8 Å². The molecule has 2 aromatic rings. The van der Waals surface area contributed by atoms with Gasteiger partial charge in [-0.1, -0.05) is 0 Å². The molecule has 0 radical (unpaired) electrons. The first kappa shape index (κ1) is 20.1. The van der Waals surface area contributed by atoms with Gasteiger partial charge in [-0.15, -0.1) is 23.4 Å². The lowest BCUT2D eigenvalue weighted by Gasteiger charge is -2.67. The number of hydrogen-bond donors (Lipinski definition) is 2. The largest absolute Gasteiger partial charge is 0.522 e. The van der Waals surface area contributed by atoms with Crippen LogP contribution < -0.4 is 5.32 Å². The lowest BCUT2D eigenvalue weighted by molar-refractivity contribution is -0.357. The molecule has 166 valence electrons. The van der Waals surface area contributed by atoms with Gasteiger partial charge in [0.1, 0.15) is 6.61 Å². The highest BCUT2D eigenvalue weighted by atomic mass is 19.4. The molecule has 4 aliphatic carbocycles. The van der Waals surface area contributed by atoms with Crippen molar-refractivity contribution in [2.75, 3.05) is 6.61 Å². The number of amides is 2. The first-order valence-corrected chi connectivity index (χ1v) is 9.70. The molecule has 0 aromatic carbocycles. The number of carbonyl (C=O) groups is 2. The van der Waals surface area contributed by atoms with Crippen molar-refractivity contribution < 1.29 is 36.7 Å². The second-order valence-corrected chi connectivity index (χ2v) is 8.46. The molecule has 4 saturated carbocycles. The van der Waals surface area contributed by atoms with Gasteiger partial charge in [0.25, 0.3) is 11.8 Å². The van der Waals surface area contributed by atoms with E-state index in [9.17, 15) is 22.8 Å². The predicted octanol–water partition coefficient (Wildman–Crippen LogP) is 1.61. The fourth-order valence-corrected chi connectivity index (χ4v) is 4.61. The molecular formula is C18H18F3N5O5. The summed E-state index contributed by atoms with van der Waals surface area (Å²) in [4.78, 5) is 24.5. The Bertz CT molecular complexity index is 979. The highest BCUT2D eigenvalue weighted by Crippen LogP contribution is 2.73. The number of hydrogen-bond acceptors (Lipinski definition) is 8. The number of halogens is 3. The molecule has 2 aromatic heterocycles. The van der Waals surface area contributed by atoms with Crippen LogP contribution in [-0.4, -0.2) is 57.4 Å². The van der Waals surface area contributed by atoms with Gasteiger partial charge >= 0.3 is 6.36 Å². The number of nitrogens with one attached hydrogen (secondary N) is 2. The van der Waals surface area contributed by atoms with Gasteiger partial charge in [-0.3, -0.25) is 24.7 Å². The predicted molar refractivity (Wildman–Crippen MR) is 92.9 cm³/mol. The van der Waals surface area contributed by atoms with Crippen molar-refractivity contribution in [3.63, 3.8) is 0 Å². The molecule has 0 spiro atoms. The summed E-state index contributed by atoms with van der Waals surface area (Å²) in [5, 5.41) is 16.9. The van der Waals surface area contributed by atoms with Crippen molar-refractivity contribution >= 4 is 11.8 Å². The fourth-order valence-electron chi connectivity index (χ4n) is 4.61. The second-order valence-electron chi connectivity index (χ2n) is 8.46. The third-order valence-corrected chi connectivity index (χ3v) is 6.19. The standard InChI is InChI=1S/C18H18F3N5O5/c19-18(20,21)31-11-1-10(2-11)29-5-12(27)24-14(28)16-6-17(7-16,8-16)15-26-25-13(30-15)9-3-22-23-4-9/h3-4,10-11H,1-2,5-8H2,(H,22,23)(H,24,27,28). The number of alkyl halides is 3. The zero-order chi connectivity index (χ0) is 21.9. The van der Waals surface area contributed by atoms with E-state index in [0.29, 0.717) is 36.6 Å². The first-order valence-electron chi connectivity index (χ1n) is 9.70. The third-order valence-electron chi connectivity index (χ3n) is 6.19. The van der Waals surface area contributed by atoms with Crippen LogP contribution in [0.5, 0.6) is 0 Å². The van der Waals surface area contributed by atoms with E-state index in [1.807, 2.05) is 0 Å². The minimum atomic E-state index is -4.68. The Balaban J connectivity index is 1.05. The Morgan fingerprint density at radius 2 is 1.97 bits per heavy atom. The minimum absolute atomic E-state index is 0.0538. The molecular weight excluding hydrogens is 423 g/mol. The number of imide groups is 1. The topological polar surface area (TPSA) is 132 Å². The van der Waals surface area contributed by atoms with Crippen LogP contribution in [0.2, 0.25) is 0 Å². The molecule has 4 aliphatic rings. The minimum Gasteiger partial charge on any atom is -0.420 e. The maximum absolute atomic E-state index is 12.5. The summed E-state index contributed by atoms with van der Waals surface area (Å²) in [5.74, 6) is -0.194. The smallest absolute Gasteiger partial charge is 0.420 e. The molecule has 2 N–H and O–H groups in total. The highest BCUT2D eigenvalue weighted by Gasteiger charge is 2.74. The van der Waals surface area contributed by atoms with Gasteiger partial charge in [0.15, 0.2) is 0 Å². The average Bonchev–Trinajstić information content (AvgIpc) is 3.24. The molecule has 0 unspecified atom stereocenters. The average molecular weight is 441 g/mol. The normalized spacial score (nSPS) is 31.3. The van der Waals surface area contributed by atoms with E-state index in [1.165, 1.54) is 0 Å². The Morgan fingerprint density at radius 1 is 1.23 bits per heavy atom. The van der Waals surface area contributed by atoms with Gasteiger partial charge in [0.2, 0.25) is 11.8 Å². The monoisotopic (exact) mass is 441 g/mol. The quantitative estimate of drug-likeness (QED) is 0.662. The van der Waals surface area contributed by atoms with Gasteiger partial charge in [-0.05, 0) is 19.3 Å². The van der Waals surface area contributed by atoms with E-state index in [2.05, 4.69) is 30.4 Å². The molecule has 10 nitrogen and oxygen atoms in total. The Morgan fingerprint density at radius 3 is 2.61 bits per heavy atom. The third kappa shape index (κ3) is 3.61. The Labute approximate surface area is 172 Å². The summed E-state index contributed by atoms with van der Waals surface area (Å²) < 4.78 is 51.1. The Hall–Kier alpha value is -2.80. The Kier molecular flexibility index (Phi) is 4.45. The first-order chi connectivity index (χ1) is 14.7. The van der Waals surface area contributed by atoms with Gasteiger partial charge in [-0.25, -0.2) is 0 Å². The lowest BCUT2D eigenvalue weighted by atomic mass is 9.34. The maximum Gasteiger partial charge on any atom is 0.522 e. The van der Waals surface area contributed by atoms with Crippen LogP contribution in [0.25, 0.3) is 11.5 Å². The van der Waals surface area contributed by atoms with E-state index in [0.717, 1.165) is 0 Å². The summed E-state index contributed by atoms with van der Waals surface area (Å²) in [6, 6.07) is 0. The summed E-state index contributed by atoms with van der Waals surface area (Å²) in [7, 11) is 0. The van der Waals surface area contributed by atoms with E-state index in [4.69, 9.17) is 9.15 Å². The van der Waals surface area contributed by atoms with Crippen LogP contribution >= 0.6 is 0 Å². The SMILES string of the molecule is O=C(COC1CC(OC(F)(F)F)C1)NC(=O)C12CC(c3nnc(-c4cn[nH]c4)o3)(C1)C2. The fraction of sp³-hybridized carbons (Fsp3) is 0.611. The number of aromatic nitrogens is 4. The molecule has 6 rings (SSSR count). The lowest BCUT2D eigenvalue weighted by Crippen LogP contribution is -2.70. The number of nitrogens with zero attached hydrogens (tertiary/aromatic N) is 3. The van der Waals surface area contributed by atoms with Crippen LogP contribution in [0.15, 0.2) is 16.8 Å². The second kappa shape index (κ2) is 6.85. The summed E-state index contributed by atoms with van der Waals surface area (Å²) in [6.07, 6.45) is -1.30. The van der Waals surface area contributed by atoms with E-state index < -0.39 is 36.5 Å². The zero-order valence-corrected chi connectivity index (χ0v) is 16.1. The number of aromatic amines is 1. The number of rotatable bonds is 7. The molecule has 2 bridgehead atoms. The number of H-pyrrole nitrogens is 1. The van der Waals surface area contributed by atoms with E-state index in [1.54, 1.807) is 12.4 Å². The van der Waals surface area contributed by atoms with Crippen molar-refractivity contribution in [2.24, 2.45) is 5.41 Å². The van der Waals surface area contributed by atoms with Crippen LogP contribution in [0.4, 0.5) is 13.2 Å². The van der Waals surface area contributed by atoms with Crippen LogP contribution in [0, 0.1) is 5.41 Å². The van der Waals surface area contributed by atoms with E-state index in [-0.39, 0.29) is 24.2 Å². The van der Waals surface area contributed by atoms with Crippen LogP contribution in [-0.2, 0) is 24.5 Å². The molecule has 4 fully saturated rings. The summed E-state index contributed by atoms with van der Waals surface area (Å²) >= 11 is 0.